The number of hydrogen-bond acceptors (Lipinski definition) is 9. The smallest absolute Gasteiger partial charge is 0.451 e. The van der Waals surface area contributed by atoms with Gasteiger partial charge in [0.25, 0.3) is 0 Å². The number of amides is 3. The van der Waals surface area contributed by atoms with E-state index in [1.165, 1.54) is 0 Å². The Balaban J connectivity index is 0.000000386. The summed E-state index contributed by atoms with van der Waals surface area (Å²) in [6.07, 6.45) is 1.29. The van der Waals surface area contributed by atoms with Crippen molar-refractivity contribution >= 4 is 30.0 Å². The molecule has 12 nitrogen and oxygen atoms in total. The zero-order valence-corrected chi connectivity index (χ0v) is 26.7. The number of esters is 1. The van der Waals surface area contributed by atoms with Crippen molar-refractivity contribution in [2.24, 2.45) is 5.92 Å². The summed E-state index contributed by atoms with van der Waals surface area (Å²) in [5.74, 6) is -0.421. The molecule has 0 aliphatic carbocycles. The van der Waals surface area contributed by atoms with E-state index in [1.807, 2.05) is 28.0 Å². The number of anilines is 2. The molecule has 1 aromatic carbocycles. The highest BCUT2D eigenvalue weighted by atomic mass is 19.4. The summed E-state index contributed by atoms with van der Waals surface area (Å²) in [6.45, 7) is 5.98. The highest BCUT2D eigenvalue weighted by molar-refractivity contribution is 5.75. The van der Waals surface area contributed by atoms with Gasteiger partial charge in [-0.15, -0.1) is 0 Å². The number of halogens is 3. The maximum absolute atomic E-state index is 13.4. The molecule has 0 spiro atoms. The molecule has 0 radical (unpaired) electrons. The normalized spacial score (nSPS) is 14.8. The van der Waals surface area contributed by atoms with Gasteiger partial charge in [-0.1, -0.05) is 12.1 Å². The van der Waals surface area contributed by atoms with E-state index in [-0.39, 0.29) is 25.0 Å². The third kappa shape index (κ3) is 13.0. The van der Waals surface area contributed by atoms with Gasteiger partial charge in [-0.05, 0) is 69.1 Å². The lowest BCUT2D eigenvalue weighted by atomic mass is 9.93. The van der Waals surface area contributed by atoms with Crippen molar-refractivity contribution in [1.82, 2.24) is 25.9 Å². The van der Waals surface area contributed by atoms with Gasteiger partial charge in [0.15, 0.2) is 0 Å². The number of nitrogens with one attached hydrogen (secondary N) is 3. The van der Waals surface area contributed by atoms with Crippen molar-refractivity contribution in [1.29, 1.82) is 5.26 Å². The Morgan fingerprint density at radius 3 is 2.19 bits per heavy atom. The van der Waals surface area contributed by atoms with Gasteiger partial charge in [-0.25, -0.2) is 14.8 Å². The summed E-state index contributed by atoms with van der Waals surface area (Å²) in [6, 6.07) is 10.7. The zero-order valence-electron chi connectivity index (χ0n) is 26.7. The number of rotatable bonds is 13. The van der Waals surface area contributed by atoms with Gasteiger partial charge >= 0.3 is 18.2 Å². The number of alkyl halides is 3. The van der Waals surface area contributed by atoms with Crippen LogP contribution in [0.2, 0.25) is 0 Å². The highest BCUT2D eigenvalue weighted by Gasteiger charge is 2.37. The van der Waals surface area contributed by atoms with Crippen LogP contribution < -0.4 is 25.8 Å². The second-order valence-corrected chi connectivity index (χ2v) is 11.2. The van der Waals surface area contributed by atoms with Crippen LogP contribution in [0.3, 0.4) is 0 Å². The zero-order chi connectivity index (χ0) is 34.1. The van der Waals surface area contributed by atoms with Crippen molar-refractivity contribution in [2.45, 2.75) is 58.0 Å². The largest absolute Gasteiger partial charge is 0.466 e. The average Bonchev–Trinajstić information content (AvgIpc) is 3.61. The van der Waals surface area contributed by atoms with E-state index in [0.29, 0.717) is 75.4 Å². The van der Waals surface area contributed by atoms with E-state index in [0.717, 1.165) is 44.1 Å². The van der Waals surface area contributed by atoms with E-state index in [4.69, 9.17) is 10.00 Å². The first kappa shape index (κ1) is 36.9. The average molecular weight is 661 g/mol. The number of carbonyl (C=O) groups is 3. The molecular weight excluding hydrogens is 617 g/mol. The van der Waals surface area contributed by atoms with Gasteiger partial charge in [0.05, 0.1) is 24.7 Å². The third-order valence-corrected chi connectivity index (χ3v) is 7.80. The lowest BCUT2D eigenvalue weighted by Gasteiger charge is -2.33. The number of ether oxygens (including phenoxy) is 1. The number of hydrogen-bond donors (Lipinski definition) is 3. The van der Waals surface area contributed by atoms with Gasteiger partial charge in [-0.2, -0.15) is 18.4 Å². The standard InChI is InChI=1S/C22H33F3N6O3.C10H10N2O/c1-2-34-19(32)6-10-27-21(33)26-9-5-16-7-13-31(14-8-16)18-15-17(30-11-3-4-12-30)28-20(29-18)22(23,24)25;11-7-10-3-1-9(2-4-10)5-6-12-8-13/h15-16H,2-14H2,1H3,(H2,26,27,33);1-4,8H,5-6H2,(H,12,13). The van der Waals surface area contributed by atoms with Gasteiger partial charge < -0.3 is 30.5 Å². The maximum atomic E-state index is 13.4. The Hall–Kier alpha value is -4.61. The highest BCUT2D eigenvalue weighted by Crippen LogP contribution is 2.32. The molecule has 2 aromatic rings. The van der Waals surface area contributed by atoms with Crippen molar-refractivity contribution in [2.75, 3.05) is 62.2 Å². The molecule has 0 unspecified atom stereocenters. The summed E-state index contributed by atoms with van der Waals surface area (Å²) in [5.41, 5.74) is 1.78. The molecule has 0 saturated carbocycles. The Labute approximate surface area is 273 Å². The SMILES string of the molecule is CCOC(=O)CCNC(=O)NCCC1CCN(c2cc(N3CCCC3)nc(C(F)(F)F)n2)CC1.N#Cc1ccc(CCNC=O)cc1. The summed E-state index contributed by atoms with van der Waals surface area (Å²) >= 11 is 0. The predicted octanol–water partition coefficient (Wildman–Crippen LogP) is 3.80. The van der Waals surface area contributed by atoms with Crippen LogP contribution in [0.4, 0.5) is 29.6 Å². The van der Waals surface area contributed by atoms with E-state index < -0.39 is 12.0 Å². The van der Waals surface area contributed by atoms with Crippen LogP contribution in [0.15, 0.2) is 30.3 Å². The minimum Gasteiger partial charge on any atom is -0.466 e. The molecule has 47 heavy (non-hydrogen) atoms. The third-order valence-electron chi connectivity index (χ3n) is 7.80. The van der Waals surface area contributed by atoms with Crippen LogP contribution in [0.25, 0.3) is 0 Å². The fourth-order valence-electron chi connectivity index (χ4n) is 5.25. The molecule has 0 atom stereocenters. The first-order chi connectivity index (χ1) is 22.6. The van der Waals surface area contributed by atoms with Gasteiger partial charge in [0.1, 0.15) is 11.6 Å². The lowest BCUT2D eigenvalue weighted by Crippen LogP contribution is -2.39. The van der Waals surface area contributed by atoms with Gasteiger partial charge in [0, 0.05) is 51.9 Å². The maximum Gasteiger partial charge on any atom is 0.451 e. The van der Waals surface area contributed by atoms with Crippen LogP contribution in [0.1, 0.15) is 62.4 Å². The fraction of sp³-hybridized carbons (Fsp3) is 0.562. The fourth-order valence-corrected chi connectivity index (χ4v) is 5.25. The first-order valence-electron chi connectivity index (χ1n) is 15.9. The Morgan fingerprint density at radius 2 is 1.62 bits per heavy atom. The van der Waals surface area contributed by atoms with Crippen molar-refractivity contribution in [3.63, 3.8) is 0 Å². The van der Waals surface area contributed by atoms with E-state index in [1.54, 1.807) is 25.1 Å². The van der Waals surface area contributed by atoms with E-state index in [2.05, 4.69) is 25.9 Å². The molecule has 2 aliphatic heterocycles. The monoisotopic (exact) mass is 660 g/mol. The number of urea groups is 1. The predicted molar refractivity (Wildman–Crippen MR) is 170 cm³/mol. The number of aromatic nitrogens is 2. The quantitative estimate of drug-likeness (QED) is 0.166. The minimum atomic E-state index is -4.59. The van der Waals surface area contributed by atoms with Crippen LogP contribution in [0, 0.1) is 17.2 Å². The number of nitrogens with zero attached hydrogens (tertiary/aromatic N) is 5. The summed E-state index contributed by atoms with van der Waals surface area (Å²) in [4.78, 5) is 44.4. The van der Waals surface area contributed by atoms with Crippen molar-refractivity contribution < 1.29 is 32.3 Å². The minimum absolute atomic E-state index is 0.123. The molecule has 2 saturated heterocycles. The van der Waals surface area contributed by atoms with E-state index >= 15 is 0 Å². The number of piperidine rings is 1. The van der Waals surface area contributed by atoms with Crippen LogP contribution >= 0.6 is 0 Å². The summed E-state index contributed by atoms with van der Waals surface area (Å²) in [7, 11) is 0. The van der Waals surface area contributed by atoms with Gasteiger partial charge in [0.2, 0.25) is 12.2 Å². The molecule has 3 N–H and O–H groups in total. The number of benzene rings is 1. The Bertz CT molecular complexity index is 1320. The van der Waals surface area contributed by atoms with E-state index in [9.17, 15) is 27.6 Å². The molecule has 256 valence electrons. The summed E-state index contributed by atoms with van der Waals surface area (Å²) in [5, 5.41) is 16.5. The molecular formula is C32H43F3N8O4. The molecule has 3 heterocycles. The lowest BCUT2D eigenvalue weighted by molar-refractivity contribution is -0.145. The topological polar surface area (TPSA) is 153 Å². The molecule has 0 bridgehead atoms. The van der Waals surface area contributed by atoms with Crippen LogP contribution in [-0.2, 0) is 26.9 Å². The molecule has 15 heteroatoms. The van der Waals surface area contributed by atoms with Crippen molar-refractivity contribution in [3.05, 3.63) is 47.3 Å². The first-order valence-corrected chi connectivity index (χ1v) is 15.9. The second kappa shape index (κ2) is 19.1. The Morgan fingerprint density at radius 1 is 1.00 bits per heavy atom. The molecule has 3 amide bonds. The Kier molecular flexibility index (Phi) is 15.0. The van der Waals surface area contributed by atoms with Gasteiger partial charge in [-0.3, -0.25) is 9.59 Å². The van der Waals surface area contributed by atoms with Crippen molar-refractivity contribution in [3.8, 4) is 6.07 Å². The van der Waals surface area contributed by atoms with Crippen LogP contribution in [0.5, 0.6) is 0 Å². The van der Waals surface area contributed by atoms with Crippen LogP contribution in [-0.4, -0.2) is 80.8 Å². The molecule has 2 fully saturated rings. The number of carbonyl (C=O) groups excluding carboxylic acids is 3. The molecule has 1 aromatic heterocycles. The number of nitriles is 1. The molecule has 2 aliphatic rings. The second-order valence-electron chi connectivity index (χ2n) is 11.2. The molecule has 4 rings (SSSR count). The summed E-state index contributed by atoms with van der Waals surface area (Å²) < 4.78 is 45.0.